The minimum Gasteiger partial charge on any atom is -0.345 e. The number of carbonyl (C=O) groups is 1. The molecule has 1 aromatic heterocycles. The van der Waals surface area contributed by atoms with Gasteiger partial charge in [0.15, 0.2) is 11.0 Å². The fraction of sp³-hybridized carbons (Fsp3) is 0.167. The van der Waals surface area contributed by atoms with Crippen molar-refractivity contribution in [1.82, 2.24) is 20.1 Å². The zero-order valence-electron chi connectivity index (χ0n) is 13.9. The molecule has 0 aliphatic rings. The van der Waals surface area contributed by atoms with E-state index in [0.717, 1.165) is 16.6 Å². The monoisotopic (exact) mass is 390 g/mol. The molecule has 0 fully saturated rings. The molecular formula is C18H16ClFN4OS. The van der Waals surface area contributed by atoms with Gasteiger partial charge in [0, 0.05) is 5.69 Å². The van der Waals surface area contributed by atoms with Crippen LogP contribution < -0.4 is 5.32 Å². The highest BCUT2D eigenvalue weighted by Crippen LogP contribution is 2.22. The largest absolute Gasteiger partial charge is 0.345 e. The Labute approximate surface area is 159 Å². The first-order chi connectivity index (χ1) is 12.6. The van der Waals surface area contributed by atoms with Gasteiger partial charge in [-0.25, -0.2) is 4.39 Å². The predicted octanol–water partition coefficient (Wildman–Crippen LogP) is 4.10. The third kappa shape index (κ3) is 3.89. The number of nitrogens with zero attached hydrogens (tertiary/aromatic N) is 3. The van der Waals surface area contributed by atoms with Gasteiger partial charge >= 0.3 is 0 Å². The molecule has 3 rings (SSSR count). The van der Waals surface area contributed by atoms with Gasteiger partial charge in [0.05, 0.1) is 17.1 Å². The second-order valence-corrected chi connectivity index (χ2v) is 6.92. The number of hydrogen-bond acceptors (Lipinski definition) is 4. The van der Waals surface area contributed by atoms with Crippen LogP contribution in [0.5, 0.6) is 0 Å². The second kappa shape index (κ2) is 8.33. The predicted molar refractivity (Wildman–Crippen MR) is 100 cm³/mol. The molecule has 0 unspecified atom stereocenters. The molecule has 0 saturated carbocycles. The molecule has 0 aliphatic heterocycles. The number of benzene rings is 2. The summed E-state index contributed by atoms with van der Waals surface area (Å²) in [6, 6.07) is 13.7. The van der Waals surface area contributed by atoms with E-state index in [9.17, 15) is 9.18 Å². The highest BCUT2D eigenvalue weighted by atomic mass is 35.5. The highest BCUT2D eigenvalue weighted by molar-refractivity contribution is 7.99. The quantitative estimate of drug-likeness (QED) is 0.644. The number of rotatable bonds is 6. The van der Waals surface area contributed by atoms with Gasteiger partial charge in [-0.3, -0.25) is 9.36 Å². The molecule has 0 bridgehead atoms. The molecule has 134 valence electrons. The number of halogens is 2. The van der Waals surface area contributed by atoms with Gasteiger partial charge in [-0.1, -0.05) is 54.6 Å². The minimum absolute atomic E-state index is 0.0641. The van der Waals surface area contributed by atoms with Gasteiger partial charge in [-0.05, 0) is 30.0 Å². The number of para-hydroxylation sites is 1. The summed E-state index contributed by atoms with van der Waals surface area (Å²) in [4.78, 5) is 12.3. The summed E-state index contributed by atoms with van der Waals surface area (Å²) in [5.41, 5.74) is 0.713. The maximum Gasteiger partial charge on any atom is 0.256 e. The standard InChI is InChI=1S/C18H16ClFN4OS/c1-2-26-18-23-22-15(24(18)12-7-4-3-5-8-12)11-21-17(25)16-13(19)9-6-10-14(16)20/h3-10H,2,11H2,1H3,(H,21,25). The summed E-state index contributed by atoms with van der Waals surface area (Å²) >= 11 is 7.49. The molecule has 2 aromatic carbocycles. The number of carbonyl (C=O) groups excluding carboxylic acids is 1. The van der Waals surface area contributed by atoms with E-state index in [1.165, 1.54) is 18.2 Å². The van der Waals surface area contributed by atoms with Crippen molar-refractivity contribution in [2.75, 3.05) is 5.75 Å². The molecule has 0 aliphatic carbocycles. The summed E-state index contributed by atoms with van der Waals surface area (Å²) in [7, 11) is 0. The van der Waals surface area contributed by atoms with Crippen molar-refractivity contribution in [2.24, 2.45) is 0 Å². The average molecular weight is 391 g/mol. The zero-order valence-corrected chi connectivity index (χ0v) is 15.5. The van der Waals surface area contributed by atoms with E-state index in [-0.39, 0.29) is 17.1 Å². The van der Waals surface area contributed by atoms with Gasteiger partial charge < -0.3 is 5.32 Å². The van der Waals surface area contributed by atoms with E-state index in [4.69, 9.17) is 11.6 Å². The van der Waals surface area contributed by atoms with Gasteiger partial charge in [-0.2, -0.15) is 0 Å². The van der Waals surface area contributed by atoms with Crippen LogP contribution in [0.2, 0.25) is 5.02 Å². The molecule has 0 radical (unpaired) electrons. The first kappa shape index (κ1) is 18.4. The lowest BCUT2D eigenvalue weighted by molar-refractivity contribution is 0.0946. The molecule has 5 nitrogen and oxygen atoms in total. The van der Waals surface area contributed by atoms with Crippen molar-refractivity contribution in [2.45, 2.75) is 18.6 Å². The van der Waals surface area contributed by atoms with E-state index in [1.807, 2.05) is 41.8 Å². The number of hydrogen-bond donors (Lipinski definition) is 1. The molecule has 0 spiro atoms. The summed E-state index contributed by atoms with van der Waals surface area (Å²) in [6.45, 7) is 2.12. The first-order valence-corrected chi connectivity index (χ1v) is 9.33. The Kier molecular flexibility index (Phi) is 5.90. The second-order valence-electron chi connectivity index (χ2n) is 5.28. The summed E-state index contributed by atoms with van der Waals surface area (Å²) in [6.07, 6.45) is 0. The lowest BCUT2D eigenvalue weighted by atomic mass is 10.2. The lowest BCUT2D eigenvalue weighted by Crippen LogP contribution is -2.26. The molecule has 1 N–H and O–H groups in total. The van der Waals surface area contributed by atoms with Gasteiger partial charge in [0.1, 0.15) is 5.82 Å². The van der Waals surface area contributed by atoms with Crippen LogP contribution in [0.1, 0.15) is 23.1 Å². The van der Waals surface area contributed by atoms with Gasteiger partial charge in [0.2, 0.25) is 0 Å². The van der Waals surface area contributed by atoms with E-state index in [1.54, 1.807) is 11.8 Å². The van der Waals surface area contributed by atoms with Crippen molar-refractivity contribution in [3.05, 3.63) is 70.8 Å². The summed E-state index contributed by atoms with van der Waals surface area (Å²) in [5.74, 6) is 0.123. The first-order valence-electron chi connectivity index (χ1n) is 7.96. The number of aromatic nitrogens is 3. The zero-order chi connectivity index (χ0) is 18.5. The molecule has 1 amide bonds. The Morgan fingerprint density at radius 2 is 1.96 bits per heavy atom. The molecular weight excluding hydrogens is 375 g/mol. The maximum atomic E-state index is 13.9. The van der Waals surface area contributed by atoms with Crippen molar-refractivity contribution in [1.29, 1.82) is 0 Å². The normalized spacial score (nSPS) is 10.7. The maximum absolute atomic E-state index is 13.9. The van der Waals surface area contributed by atoms with E-state index >= 15 is 0 Å². The third-order valence-electron chi connectivity index (χ3n) is 3.59. The average Bonchev–Trinajstić information content (AvgIpc) is 3.03. The Morgan fingerprint density at radius 3 is 2.65 bits per heavy atom. The molecule has 3 aromatic rings. The van der Waals surface area contributed by atoms with E-state index in [2.05, 4.69) is 15.5 Å². The molecule has 0 atom stereocenters. The Morgan fingerprint density at radius 1 is 1.19 bits per heavy atom. The van der Waals surface area contributed by atoms with Crippen LogP contribution in [0.25, 0.3) is 5.69 Å². The lowest BCUT2D eigenvalue weighted by Gasteiger charge is -2.11. The van der Waals surface area contributed by atoms with Crippen LogP contribution >= 0.6 is 23.4 Å². The molecule has 1 heterocycles. The van der Waals surface area contributed by atoms with Crippen molar-refractivity contribution < 1.29 is 9.18 Å². The Bertz CT molecular complexity index is 897. The van der Waals surface area contributed by atoms with Crippen molar-refractivity contribution in [3.8, 4) is 5.69 Å². The van der Waals surface area contributed by atoms with Gasteiger partial charge in [0.25, 0.3) is 5.91 Å². The SMILES string of the molecule is CCSc1nnc(CNC(=O)c2c(F)cccc2Cl)n1-c1ccccc1. The highest BCUT2D eigenvalue weighted by Gasteiger charge is 2.18. The molecule has 26 heavy (non-hydrogen) atoms. The van der Waals surface area contributed by atoms with Crippen LogP contribution in [-0.2, 0) is 6.54 Å². The summed E-state index contributed by atoms with van der Waals surface area (Å²) in [5, 5.41) is 11.8. The Balaban J connectivity index is 1.85. The van der Waals surface area contributed by atoms with Crippen LogP contribution in [0.3, 0.4) is 0 Å². The molecule has 0 saturated heterocycles. The summed E-state index contributed by atoms with van der Waals surface area (Å²) < 4.78 is 15.8. The van der Waals surface area contributed by atoms with E-state index in [0.29, 0.717) is 5.82 Å². The number of nitrogens with one attached hydrogen (secondary N) is 1. The smallest absolute Gasteiger partial charge is 0.256 e. The van der Waals surface area contributed by atoms with Crippen LogP contribution in [-0.4, -0.2) is 26.4 Å². The Hall–Kier alpha value is -2.38. The van der Waals surface area contributed by atoms with Crippen LogP contribution in [0.15, 0.2) is 53.7 Å². The fourth-order valence-electron chi connectivity index (χ4n) is 2.44. The topological polar surface area (TPSA) is 59.8 Å². The van der Waals surface area contributed by atoms with Crippen molar-refractivity contribution >= 4 is 29.3 Å². The van der Waals surface area contributed by atoms with Gasteiger partial charge in [-0.15, -0.1) is 10.2 Å². The molecule has 8 heteroatoms. The van der Waals surface area contributed by atoms with Crippen LogP contribution in [0.4, 0.5) is 4.39 Å². The number of amides is 1. The fourth-order valence-corrected chi connectivity index (χ4v) is 3.38. The minimum atomic E-state index is -0.665. The van der Waals surface area contributed by atoms with Crippen molar-refractivity contribution in [3.63, 3.8) is 0 Å². The number of thioether (sulfide) groups is 1. The van der Waals surface area contributed by atoms with E-state index < -0.39 is 11.7 Å². The third-order valence-corrected chi connectivity index (χ3v) is 4.71. The van der Waals surface area contributed by atoms with Crippen LogP contribution in [0, 0.1) is 5.82 Å².